The quantitative estimate of drug-likeness (QED) is 0.269. The molecule has 0 radical (unpaired) electrons. The first kappa shape index (κ1) is 24.9. The molecule has 1 atom stereocenters. The van der Waals surface area contributed by atoms with Crippen molar-refractivity contribution in [3.8, 4) is 17.2 Å². The maximum absolute atomic E-state index is 9.87. The molecular formula is C23H33IN4O3. The van der Waals surface area contributed by atoms with Crippen LogP contribution in [0.3, 0.4) is 0 Å². The van der Waals surface area contributed by atoms with Crippen LogP contribution in [-0.4, -0.2) is 50.5 Å². The molecule has 1 heterocycles. The number of methoxy groups -OCH3 is 1. The van der Waals surface area contributed by atoms with Crippen LogP contribution >= 0.6 is 24.0 Å². The van der Waals surface area contributed by atoms with Crippen molar-refractivity contribution in [3.63, 3.8) is 0 Å². The van der Waals surface area contributed by atoms with Gasteiger partial charge in [-0.3, -0.25) is 0 Å². The van der Waals surface area contributed by atoms with Gasteiger partial charge in [0.05, 0.1) is 25.9 Å². The summed E-state index contributed by atoms with van der Waals surface area (Å²) in [6, 6.07) is 13.8. The maximum atomic E-state index is 9.87. The number of anilines is 1. The molecule has 1 saturated heterocycles. The second kappa shape index (κ2) is 12.5. The molecule has 0 bridgehead atoms. The van der Waals surface area contributed by atoms with Gasteiger partial charge < -0.3 is 30.1 Å². The lowest BCUT2D eigenvalue weighted by atomic mass is 10.2. The Hall–Kier alpha value is -2.36. The molecule has 0 saturated carbocycles. The second-order valence-electron chi connectivity index (χ2n) is 7.18. The summed E-state index contributed by atoms with van der Waals surface area (Å²) in [5.74, 6) is 2.33. The molecule has 1 unspecified atom stereocenters. The summed E-state index contributed by atoms with van der Waals surface area (Å²) in [7, 11) is 1.71. The van der Waals surface area contributed by atoms with Crippen LogP contribution < -0.4 is 25.0 Å². The summed E-state index contributed by atoms with van der Waals surface area (Å²) in [5.41, 5.74) is 2.11. The first-order chi connectivity index (χ1) is 14.6. The first-order valence-electron chi connectivity index (χ1n) is 10.5. The second-order valence-corrected chi connectivity index (χ2v) is 7.18. The van der Waals surface area contributed by atoms with E-state index >= 15 is 0 Å². The number of nitrogens with zero attached hydrogens (tertiary/aromatic N) is 2. The van der Waals surface area contributed by atoms with Crippen molar-refractivity contribution in [2.24, 2.45) is 4.99 Å². The lowest BCUT2D eigenvalue weighted by Gasteiger charge is -2.22. The van der Waals surface area contributed by atoms with E-state index in [-0.39, 0.29) is 29.7 Å². The van der Waals surface area contributed by atoms with E-state index in [9.17, 15) is 5.11 Å². The van der Waals surface area contributed by atoms with E-state index in [0.717, 1.165) is 49.0 Å². The van der Waals surface area contributed by atoms with E-state index in [4.69, 9.17) is 14.5 Å². The van der Waals surface area contributed by atoms with Gasteiger partial charge in [-0.25, -0.2) is 4.99 Å². The molecular weight excluding hydrogens is 507 g/mol. The summed E-state index contributed by atoms with van der Waals surface area (Å²) in [6.45, 7) is 7.60. The van der Waals surface area contributed by atoms with Gasteiger partial charge >= 0.3 is 0 Å². The molecule has 2 aromatic rings. The van der Waals surface area contributed by atoms with Gasteiger partial charge in [0.2, 0.25) is 0 Å². The Kier molecular flexibility index (Phi) is 10.0. The van der Waals surface area contributed by atoms with Gasteiger partial charge in [0, 0.05) is 25.7 Å². The van der Waals surface area contributed by atoms with E-state index in [1.165, 1.54) is 0 Å². The van der Waals surface area contributed by atoms with Crippen LogP contribution in [0.15, 0.2) is 47.5 Å². The van der Waals surface area contributed by atoms with Crippen molar-refractivity contribution >= 4 is 35.6 Å². The van der Waals surface area contributed by atoms with Crippen molar-refractivity contribution in [1.82, 2.24) is 10.6 Å². The zero-order valence-electron chi connectivity index (χ0n) is 18.4. The summed E-state index contributed by atoms with van der Waals surface area (Å²) < 4.78 is 11.0. The Labute approximate surface area is 201 Å². The highest BCUT2D eigenvalue weighted by molar-refractivity contribution is 14.0. The molecule has 8 heteroatoms. The van der Waals surface area contributed by atoms with E-state index in [1.54, 1.807) is 13.2 Å². The molecule has 0 amide bonds. The third-order valence-electron chi connectivity index (χ3n) is 5.04. The van der Waals surface area contributed by atoms with Gasteiger partial charge in [0.15, 0.2) is 17.5 Å². The molecule has 3 N–H and O–H groups in total. The normalized spacial score (nSPS) is 15.9. The van der Waals surface area contributed by atoms with Crippen LogP contribution in [0.1, 0.15) is 25.8 Å². The Balaban J connectivity index is 0.00000341. The number of hydrogen-bond acceptors (Lipinski definition) is 5. The monoisotopic (exact) mass is 540 g/mol. The molecule has 31 heavy (non-hydrogen) atoms. The van der Waals surface area contributed by atoms with Crippen molar-refractivity contribution in [3.05, 3.63) is 48.0 Å². The van der Waals surface area contributed by atoms with Gasteiger partial charge in [-0.1, -0.05) is 18.2 Å². The van der Waals surface area contributed by atoms with Gasteiger partial charge in [-0.05, 0) is 50.1 Å². The maximum Gasteiger partial charge on any atom is 0.191 e. The number of phenolic OH excluding ortho intramolecular Hbond substituents is 1. The number of guanidine groups is 1. The molecule has 3 rings (SSSR count). The predicted molar refractivity (Wildman–Crippen MR) is 136 cm³/mol. The Bertz CT molecular complexity index is 862. The largest absolute Gasteiger partial charge is 0.504 e. The van der Waals surface area contributed by atoms with Crippen LogP contribution in [0.2, 0.25) is 0 Å². The average Bonchev–Trinajstić information content (AvgIpc) is 3.22. The number of rotatable bonds is 8. The number of hydrogen-bond donors (Lipinski definition) is 3. The lowest BCUT2D eigenvalue weighted by Crippen LogP contribution is -2.44. The molecule has 2 aromatic carbocycles. The lowest BCUT2D eigenvalue weighted by molar-refractivity contribution is 0.318. The highest BCUT2D eigenvalue weighted by Gasteiger charge is 2.25. The Morgan fingerprint density at radius 2 is 2.00 bits per heavy atom. The predicted octanol–water partition coefficient (Wildman–Crippen LogP) is 3.75. The summed E-state index contributed by atoms with van der Waals surface area (Å²) >= 11 is 0. The molecule has 0 aromatic heterocycles. The minimum absolute atomic E-state index is 0. The summed E-state index contributed by atoms with van der Waals surface area (Å²) in [4.78, 5) is 7.07. The average molecular weight is 540 g/mol. The minimum atomic E-state index is 0. The van der Waals surface area contributed by atoms with E-state index in [0.29, 0.717) is 24.9 Å². The topological polar surface area (TPSA) is 78.4 Å². The van der Waals surface area contributed by atoms with Gasteiger partial charge in [0.1, 0.15) is 5.75 Å². The third-order valence-corrected chi connectivity index (χ3v) is 5.04. The molecule has 1 fully saturated rings. The summed E-state index contributed by atoms with van der Waals surface area (Å²) in [5, 5.41) is 16.7. The van der Waals surface area contributed by atoms with E-state index in [1.807, 2.05) is 37.3 Å². The number of nitrogens with one attached hydrogen (secondary N) is 2. The molecule has 7 nitrogen and oxygen atoms in total. The van der Waals surface area contributed by atoms with Crippen molar-refractivity contribution in [1.29, 1.82) is 0 Å². The number of aromatic hydroxyl groups is 1. The zero-order chi connectivity index (χ0) is 21.3. The number of ether oxygens (including phenoxy) is 2. The fraction of sp³-hybridized carbons (Fsp3) is 0.435. The highest BCUT2D eigenvalue weighted by Crippen LogP contribution is 2.30. The van der Waals surface area contributed by atoms with Gasteiger partial charge in [0.25, 0.3) is 0 Å². The van der Waals surface area contributed by atoms with Gasteiger partial charge in [-0.15, -0.1) is 24.0 Å². The van der Waals surface area contributed by atoms with E-state index < -0.39 is 0 Å². The molecule has 170 valence electrons. The van der Waals surface area contributed by atoms with Crippen LogP contribution in [0, 0.1) is 0 Å². The van der Waals surface area contributed by atoms with Crippen molar-refractivity contribution in [2.45, 2.75) is 32.9 Å². The molecule has 0 aliphatic carbocycles. The Morgan fingerprint density at radius 1 is 1.19 bits per heavy atom. The SMILES string of the molecule is CCNC(=NCc1ccc(O)c(OCC)c1)NC1CCN(c2ccccc2OC)C1.I. The Morgan fingerprint density at radius 3 is 2.74 bits per heavy atom. The molecule has 0 spiro atoms. The van der Waals surface area contributed by atoms with Crippen LogP contribution in [0.25, 0.3) is 0 Å². The smallest absolute Gasteiger partial charge is 0.191 e. The number of halogens is 1. The summed E-state index contributed by atoms with van der Waals surface area (Å²) in [6.07, 6.45) is 1.02. The van der Waals surface area contributed by atoms with E-state index in [2.05, 4.69) is 28.5 Å². The zero-order valence-corrected chi connectivity index (χ0v) is 20.8. The number of aliphatic imine (C=N–C) groups is 1. The van der Waals surface area contributed by atoms with Crippen LogP contribution in [-0.2, 0) is 6.54 Å². The number of phenols is 1. The highest BCUT2D eigenvalue weighted by atomic mass is 127. The van der Waals surface area contributed by atoms with Crippen molar-refractivity contribution in [2.75, 3.05) is 38.3 Å². The molecule has 1 aliphatic rings. The fourth-order valence-electron chi connectivity index (χ4n) is 3.60. The minimum Gasteiger partial charge on any atom is -0.504 e. The molecule has 1 aliphatic heterocycles. The first-order valence-corrected chi connectivity index (χ1v) is 10.5. The fourth-order valence-corrected chi connectivity index (χ4v) is 3.60. The third kappa shape index (κ3) is 6.81. The van der Waals surface area contributed by atoms with Gasteiger partial charge in [-0.2, -0.15) is 0 Å². The number of benzene rings is 2. The standard InChI is InChI=1S/C23H32N4O3.HI/c1-4-24-23(25-15-17-10-11-20(28)22(14-17)30-5-2)26-18-12-13-27(16-18)19-8-6-7-9-21(19)29-3;/h6-11,14,18,28H,4-5,12-13,15-16H2,1-3H3,(H2,24,25,26);1H. The van der Waals surface area contributed by atoms with Crippen LogP contribution in [0.4, 0.5) is 5.69 Å². The number of para-hydroxylation sites is 2. The van der Waals surface area contributed by atoms with Crippen LogP contribution in [0.5, 0.6) is 17.2 Å². The van der Waals surface area contributed by atoms with Crippen molar-refractivity contribution < 1.29 is 14.6 Å².